The predicted molar refractivity (Wildman–Crippen MR) is 93.0 cm³/mol. The fourth-order valence-corrected chi connectivity index (χ4v) is 3.67. The van der Waals surface area contributed by atoms with Crippen LogP contribution in [0.4, 0.5) is 0 Å². The Morgan fingerprint density at radius 3 is 2.45 bits per heavy atom. The normalized spacial score (nSPS) is 16.4. The molecule has 22 heavy (non-hydrogen) atoms. The van der Waals surface area contributed by atoms with Gasteiger partial charge >= 0.3 is 0 Å². The van der Waals surface area contributed by atoms with E-state index in [1.807, 2.05) is 24.8 Å². The van der Waals surface area contributed by atoms with Crippen molar-refractivity contribution in [2.45, 2.75) is 65.8 Å². The average Bonchev–Trinajstić information content (AvgIpc) is 2.81. The Labute approximate surface area is 135 Å². The lowest BCUT2D eigenvalue weighted by atomic mass is 9.95. The summed E-state index contributed by atoms with van der Waals surface area (Å²) in [7, 11) is 0. The van der Waals surface area contributed by atoms with E-state index in [0.29, 0.717) is 6.04 Å². The summed E-state index contributed by atoms with van der Waals surface area (Å²) in [6, 6.07) is 2.87. The first kappa shape index (κ1) is 16.9. The van der Waals surface area contributed by atoms with Gasteiger partial charge in [0.1, 0.15) is 0 Å². The number of nitrogens with zero attached hydrogens (tertiary/aromatic N) is 2. The second kappa shape index (κ2) is 7.66. The van der Waals surface area contributed by atoms with Crippen molar-refractivity contribution in [3.05, 3.63) is 29.1 Å². The number of likely N-dealkylation sites (N-methyl/N-ethyl adjacent to an activating group) is 1. The van der Waals surface area contributed by atoms with Crippen LogP contribution in [-0.4, -0.2) is 28.5 Å². The topological polar surface area (TPSA) is 25.2 Å². The highest BCUT2D eigenvalue weighted by molar-refractivity contribution is 5.91. The van der Waals surface area contributed by atoms with Crippen LogP contribution in [0.25, 0.3) is 6.08 Å². The van der Waals surface area contributed by atoms with Gasteiger partial charge in [0.05, 0.1) is 0 Å². The molecule has 1 fully saturated rings. The SMILES string of the molecule is CCN(CC)C(=O)/C=C/c1cc(C)n(C2CCCCC2)c1C. The second-order valence-electron chi connectivity index (χ2n) is 6.33. The molecule has 1 aliphatic carbocycles. The molecule has 1 saturated carbocycles. The molecule has 1 aliphatic rings. The van der Waals surface area contributed by atoms with Gasteiger partial charge in [-0.25, -0.2) is 0 Å². The molecule has 0 aliphatic heterocycles. The van der Waals surface area contributed by atoms with Gasteiger partial charge < -0.3 is 9.47 Å². The molecule has 3 nitrogen and oxygen atoms in total. The number of aromatic nitrogens is 1. The molecule has 0 bridgehead atoms. The molecule has 3 heteroatoms. The number of rotatable bonds is 5. The Morgan fingerprint density at radius 2 is 1.86 bits per heavy atom. The second-order valence-corrected chi connectivity index (χ2v) is 6.33. The monoisotopic (exact) mass is 302 g/mol. The Balaban J connectivity index is 2.17. The third-order valence-electron chi connectivity index (χ3n) is 4.94. The zero-order valence-corrected chi connectivity index (χ0v) is 14.6. The standard InChI is InChI=1S/C19H30N2O/c1-5-20(6-2)19(22)13-12-17-14-15(3)21(16(17)4)18-10-8-7-9-11-18/h12-14,18H,5-11H2,1-4H3/b13-12+. The third kappa shape index (κ3) is 3.63. The Kier molecular flexibility index (Phi) is 5.87. The lowest BCUT2D eigenvalue weighted by Gasteiger charge is -2.26. The van der Waals surface area contributed by atoms with Gasteiger partial charge in [-0.3, -0.25) is 4.79 Å². The largest absolute Gasteiger partial charge is 0.346 e. The van der Waals surface area contributed by atoms with Crippen molar-refractivity contribution in [1.82, 2.24) is 9.47 Å². The molecule has 0 spiro atoms. The van der Waals surface area contributed by atoms with E-state index in [0.717, 1.165) is 13.1 Å². The van der Waals surface area contributed by atoms with E-state index in [2.05, 4.69) is 24.5 Å². The maximum atomic E-state index is 12.1. The molecule has 0 N–H and O–H groups in total. The molecule has 1 aromatic heterocycles. The van der Waals surface area contributed by atoms with Crippen LogP contribution in [-0.2, 0) is 4.79 Å². The lowest BCUT2D eigenvalue weighted by molar-refractivity contribution is -0.125. The maximum Gasteiger partial charge on any atom is 0.246 e. The fraction of sp³-hybridized carbons (Fsp3) is 0.632. The first-order chi connectivity index (χ1) is 10.6. The van der Waals surface area contributed by atoms with Crippen LogP contribution in [0.1, 0.15) is 68.9 Å². The minimum Gasteiger partial charge on any atom is -0.346 e. The van der Waals surface area contributed by atoms with Crippen LogP contribution in [0.2, 0.25) is 0 Å². The predicted octanol–water partition coefficient (Wildman–Crippen LogP) is 4.49. The van der Waals surface area contributed by atoms with Gasteiger partial charge in [0.2, 0.25) is 5.91 Å². The summed E-state index contributed by atoms with van der Waals surface area (Å²) in [5.74, 6) is 0.104. The van der Waals surface area contributed by atoms with Crippen LogP contribution in [0.15, 0.2) is 12.1 Å². The van der Waals surface area contributed by atoms with E-state index in [1.165, 1.54) is 49.1 Å². The quantitative estimate of drug-likeness (QED) is 0.736. The van der Waals surface area contributed by atoms with Crippen LogP contribution < -0.4 is 0 Å². The van der Waals surface area contributed by atoms with Crippen LogP contribution >= 0.6 is 0 Å². The van der Waals surface area contributed by atoms with E-state index < -0.39 is 0 Å². The molecule has 122 valence electrons. The molecule has 1 aromatic rings. The molecule has 0 aromatic carbocycles. The zero-order chi connectivity index (χ0) is 16.1. The first-order valence-corrected chi connectivity index (χ1v) is 8.73. The highest BCUT2D eigenvalue weighted by atomic mass is 16.2. The van der Waals surface area contributed by atoms with Crippen molar-refractivity contribution in [2.24, 2.45) is 0 Å². The maximum absolute atomic E-state index is 12.1. The molecule has 0 saturated heterocycles. The number of amides is 1. The number of carbonyl (C=O) groups excluding carboxylic acids is 1. The van der Waals surface area contributed by atoms with E-state index in [4.69, 9.17) is 0 Å². The highest BCUT2D eigenvalue weighted by Gasteiger charge is 2.19. The van der Waals surface area contributed by atoms with Crippen LogP contribution in [0.5, 0.6) is 0 Å². The Bertz CT molecular complexity index is 532. The van der Waals surface area contributed by atoms with Crippen LogP contribution in [0.3, 0.4) is 0 Å². The third-order valence-corrected chi connectivity index (χ3v) is 4.94. The van der Waals surface area contributed by atoms with Crippen LogP contribution in [0, 0.1) is 13.8 Å². The molecular formula is C19H30N2O. The van der Waals surface area contributed by atoms with Gasteiger partial charge in [-0.2, -0.15) is 0 Å². The summed E-state index contributed by atoms with van der Waals surface area (Å²) < 4.78 is 2.49. The van der Waals surface area contributed by atoms with E-state index in [1.54, 1.807) is 6.08 Å². The van der Waals surface area contributed by atoms with Crippen molar-refractivity contribution in [2.75, 3.05) is 13.1 Å². The number of hydrogen-bond acceptors (Lipinski definition) is 1. The Morgan fingerprint density at radius 1 is 1.23 bits per heavy atom. The molecule has 0 atom stereocenters. The Hall–Kier alpha value is -1.51. The van der Waals surface area contributed by atoms with E-state index in [-0.39, 0.29) is 5.91 Å². The summed E-state index contributed by atoms with van der Waals surface area (Å²) >= 11 is 0. The summed E-state index contributed by atoms with van der Waals surface area (Å²) in [6.07, 6.45) is 10.3. The van der Waals surface area contributed by atoms with Gasteiger partial charge in [-0.1, -0.05) is 19.3 Å². The summed E-state index contributed by atoms with van der Waals surface area (Å²) in [5, 5.41) is 0. The van der Waals surface area contributed by atoms with Crippen molar-refractivity contribution < 1.29 is 4.79 Å². The van der Waals surface area contributed by atoms with Crippen molar-refractivity contribution in [3.63, 3.8) is 0 Å². The minimum absolute atomic E-state index is 0.104. The van der Waals surface area contributed by atoms with Crippen molar-refractivity contribution >= 4 is 12.0 Å². The van der Waals surface area contributed by atoms with Gasteiger partial charge in [0.15, 0.2) is 0 Å². The van der Waals surface area contributed by atoms with Gasteiger partial charge in [0.25, 0.3) is 0 Å². The van der Waals surface area contributed by atoms with Crippen molar-refractivity contribution in [3.8, 4) is 0 Å². The summed E-state index contributed by atoms with van der Waals surface area (Å²) in [4.78, 5) is 14.0. The van der Waals surface area contributed by atoms with Crippen molar-refractivity contribution in [1.29, 1.82) is 0 Å². The van der Waals surface area contributed by atoms with Gasteiger partial charge in [0, 0.05) is 36.6 Å². The molecule has 0 unspecified atom stereocenters. The summed E-state index contributed by atoms with van der Waals surface area (Å²) in [6.45, 7) is 9.93. The molecule has 0 radical (unpaired) electrons. The summed E-state index contributed by atoms with van der Waals surface area (Å²) in [5.41, 5.74) is 3.80. The average molecular weight is 302 g/mol. The number of aryl methyl sites for hydroxylation is 1. The van der Waals surface area contributed by atoms with E-state index in [9.17, 15) is 4.79 Å². The smallest absolute Gasteiger partial charge is 0.246 e. The number of hydrogen-bond donors (Lipinski definition) is 0. The van der Waals surface area contributed by atoms with Gasteiger partial charge in [-0.15, -0.1) is 0 Å². The van der Waals surface area contributed by atoms with Gasteiger partial charge in [-0.05, 0) is 58.2 Å². The zero-order valence-electron chi connectivity index (χ0n) is 14.6. The highest BCUT2D eigenvalue weighted by Crippen LogP contribution is 2.32. The first-order valence-electron chi connectivity index (χ1n) is 8.73. The number of carbonyl (C=O) groups is 1. The molecule has 1 heterocycles. The van der Waals surface area contributed by atoms with E-state index >= 15 is 0 Å². The fourth-order valence-electron chi connectivity index (χ4n) is 3.67. The lowest BCUT2D eigenvalue weighted by Crippen LogP contribution is -2.28. The minimum atomic E-state index is 0.104. The molecule has 1 amide bonds. The molecular weight excluding hydrogens is 272 g/mol. The molecule has 2 rings (SSSR count).